The first-order valence-corrected chi connectivity index (χ1v) is 14.9. The number of halogens is 1. The van der Waals surface area contributed by atoms with Gasteiger partial charge in [-0.3, -0.25) is 4.79 Å². The third kappa shape index (κ3) is 6.70. The predicted octanol–water partition coefficient (Wildman–Crippen LogP) is 6.89. The molecule has 36 heavy (non-hydrogen) atoms. The van der Waals surface area contributed by atoms with Gasteiger partial charge in [-0.2, -0.15) is 0 Å². The highest BCUT2D eigenvalue weighted by atomic mass is 35.5. The molecule has 0 saturated heterocycles. The van der Waals surface area contributed by atoms with Gasteiger partial charge in [0.2, 0.25) is 5.91 Å². The van der Waals surface area contributed by atoms with Crippen molar-refractivity contribution in [1.82, 2.24) is 5.32 Å². The highest BCUT2D eigenvalue weighted by Crippen LogP contribution is 2.67. The lowest BCUT2D eigenvalue weighted by atomic mass is 9.47. The fourth-order valence-electron chi connectivity index (χ4n) is 9.05. The number of allylic oxidation sites excluding steroid dienone is 1. The van der Waals surface area contributed by atoms with Crippen LogP contribution >= 0.6 is 12.4 Å². The second-order valence-electron chi connectivity index (χ2n) is 13.3. The fourth-order valence-corrected chi connectivity index (χ4v) is 9.05. The Hall–Kier alpha value is -0.580. The molecule has 3 saturated carbocycles. The van der Waals surface area contributed by atoms with Crippen LogP contribution in [-0.4, -0.2) is 30.7 Å². The SMILES string of the molecule is CC(CCCC(C)[C@H]1CC[C@H]2[C@@H]3CC=C4C[C@@H](O)CC[C@]4(C)[C@H]3CC[C@]12C)CC(N)=O.CCNC.Cl. The first kappa shape index (κ1) is 31.6. The van der Waals surface area contributed by atoms with E-state index in [2.05, 4.69) is 46.0 Å². The smallest absolute Gasteiger partial charge is 0.217 e. The Labute approximate surface area is 228 Å². The van der Waals surface area contributed by atoms with E-state index in [9.17, 15) is 9.90 Å². The molecular formula is C31H57ClN2O2. The minimum Gasteiger partial charge on any atom is -0.393 e. The molecule has 5 heteroatoms. The number of hydrogen-bond donors (Lipinski definition) is 3. The highest BCUT2D eigenvalue weighted by Gasteiger charge is 2.59. The van der Waals surface area contributed by atoms with Crippen LogP contribution in [0.5, 0.6) is 0 Å². The summed E-state index contributed by atoms with van der Waals surface area (Å²) in [6.07, 6.45) is 16.6. The summed E-state index contributed by atoms with van der Waals surface area (Å²) >= 11 is 0. The second-order valence-corrected chi connectivity index (χ2v) is 13.3. The molecule has 210 valence electrons. The number of primary amides is 1. The Kier molecular flexibility index (Phi) is 11.8. The maximum Gasteiger partial charge on any atom is 0.217 e. The van der Waals surface area contributed by atoms with Gasteiger partial charge in [0.25, 0.3) is 0 Å². The van der Waals surface area contributed by atoms with Gasteiger partial charge < -0.3 is 16.2 Å². The second kappa shape index (κ2) is 13.5. The lowest BCUT2D eigenvalue weighted by molar-refractivity contribution is -0.118. The van der Waals surface area contributed by atoms with Crippen LogP contribution in [0.4, 0.5) is 0 Å². The van der Waals surface area contributed by atoms with Crippen molar-refractivity contribution < 1.29 is 9.90 Å². The Balaban J connectivity index is 0.000000850. The third-order valence-corrected chi connectivity index (χ3v) is 11.1. The van der Waals surface area contributed by atoms with Crippen molar-refractivity contribution in [3.05, 3.63) is 11.6 Å². The van der Waals surface area contributed by atoms with Crippen molar-refractivity contribution in [2.24, 2.45) is 52.1 Å². The topological polar surface area (TPSA) is 75.3 Å². The van der Waals surface area contributed by atoms with Gasteiger partial charge in [0, 0.05) is 6.42 Å². The number of rotatable bonds is 8. The lowest BCUT2D eigenvalue weighted by Gasteiger charge is -2.58. The number of fused-ring (bicyclic) bond motifs is 5. The van der Waals surface area contributed by atoms with Crippen LogP contribution in [-0.2, 0) is 4.79 Å². The molecule has 0 bridgehead atoms. The Bertz CT molecular complexity index is 740. The number of hydrogen-bond acceptors (Lipinski definition) is 3. The summed E-state index contributed by atoms with van der Waals surface area (Å²) < 4.78 is 0. The summed E-state index contributed by atoms with van der Waals surface area (Å²) in [6, 6.07) is 0. The third-order valence-electron chi connectivity index (χ3n) is 11.1. The molecule has 0 aliphatic heterocycles. The normalized spacial score (nSPS) is 38.6. The van der Waals surface area contributed by atoms with E-state index in [-0.39, 0.29) is 24.4 Å². The molecule has 0 spiro atoms. The standard InChI is InChI=1S/C28H47NO2.C3H9N.ClH/c1-18(16-26(29)31)6-5-7-19(2)23-10-11-24-22-9-8-20-17-21(30)12-14-27(20,3)25(22)13-15-28(23,24)4;1-3-4-2;/h8,18-19,21-25,30H,5-7,9-17H2,1-4H3,(H2,29,31);4H,3H2,1-2H3;1H/t18?,19?,21-,22-,23+,24-,25-,27-,28+;;/m0../s1. The monoisotopic (exact) mass is 524 g/mol. The van der Waals surface area contributed by atoms with E-state index in [0.717, 1.165) is 55.4 Å². The van der Waals surface area contributed by atoms with Gasteiger partial charge in [0.15, 0.2) is 0 Å². The number of aliphatic hydroxyl groups excluding tert-OH is 1. The lowest BCUT2D eigenvalue weighted by Crippen LogP contribution is -2.50. The van der Waals surface area contributed by atoms with Crippen LogP contribution < -0.4 is 11.1 Å². The first-order chi connectivity index (χ1) is 16.6. The van der Waals surface area contributed by atoms with E-state index in [1.165, 1.54) is 51.4 Å². The van der Waals surface area contributed by atoms with E-state index >= 15 is 0 Å². The molecule has 4 aliphatic rings. The van der Waals surface area contributed by atoms with Crippen molar-refractivity contribution in [3.63, 3.8) is 0 Å². The summed E-state index contributed by atoms with van der Waals surface area (Å²) in [7, 11) is 1.93. The summed E-state index contributed by atoms with van der Waals surface area (Å²) in [4.78, 5) is 11.2. The van der Waals surface area contributed by atoms with E-state index in [1.54, 1.807) is 5.57 Å². The Morgan fingerprint density at radius 3 is 2.47 bits per heavy atom. The summed E-state index contributed by atoms with van der Waals surface area (Å²) in [5.41, 5.74) is 7.82. The molecule has 9 atom stereocenters. The Morgan fingerprint density at radius 2 is 1.83 bits per heavy atom. The van der Waals surface area contributed by atoms with Crippen LogP contribution in [0.25, 0.3) is 0 Å². The van der Waals surface area contributed by atoms with Gasteiger partial charge in [-0.15, -0.1) is 12.4 Å². The van der Waals surface area contributed by atoms with Gasteiger partial charge in [-0.05, 0) is 111 Å². The van der Waals surface area contributed by atoms with Crippen LogP contribution in [0.1, 0.15) is 112 Å². The van der Waals surface area contributed by atoms with Crippen LogP contribution in [0, 0.1) is 46.3 Å². The summed E-state index contributed by atoms with van der Waals surface area (Å²) in [6.45, 7) is 13.0. The average molecular weight is 525 g/mol. The molecule has 4 nitrogen and oxygen atoms in total. The number of amides is 1. The molecular weight excluding hydrogens is 468 g/mol. The zero-order valence-electron chi connectivity index (χ0n) is 24.2. The van der Waals surface area contributed by atoms with Crippen molar-refractivity contribution in [2.45, 2.75) is 118 Å². The number of carbonyl (C=O) groups excluding carboxylic acids is 1. The summed E-state index contributed by atoms with van der Waals surface area (Å²) in [5.74, 6) is 4.48. The van der Waals surface area contributed by atoms with E-state index < -0.39 is 0 Å². The molecule has 0 aromatic carbocycles. The van der Waals surface area contributed by atoms with Crippen molar-refractivity contribution in [2.75, 3.05) is 13.6 Å². The fraction of sp³-hybridized carbons (Fsp3) is 0.903. The highest BCUT2D eigenvalue weighted by molar-refractivity contribution is 5.85. The van der Waals surface area contributed by atoms with Gasteiger partial charge in [-0.1, -0.05) is 65.5 Å². The first-order valence-electron chi connectivity index (χ1n) is 14.9. The quantitative estimate of drug-likeness (QED) is 0.302. The zero-order valence-corrected chi connectivity index (χ0v) is 25.0. The maximum atomic E-state index is 11.2. The molecule has 3 fully saturated rings. The molecule has 0 radical (unpaired) electrons. The molecule has 0 aromatic rings. The number of carbonyl (C=O) groups is 1. The predicted molar refractivity (Wildman–Crippen MR) is 154 cm³/mol. The van der Waals surface area contributed by atoms with Crippen LogP contribution in [0.15, 0.2) is 11.6 Å². The number of aliphatic hydroxyl groups is 1. The van der Waals surface area contributed by atoms with E-state index in [1.807, 2.05) is 7.05 Å². The largest absolute Gasteiger partial charge is 0.393 e. The van der Waals surface area contributed by atoms with Crippen LogP contribution in [0.2, 0.25) is 0 Å². The van der Waals surface area contributed by atoms with Crippen molar-refractivity contribution >= 4 is 18.3 Å². The molecule has 4 aliphatic carbocycles. The van der Waals surface area contributed by atoms with E-state index in [0.29, 0.717) is 23.2 Å². The number of nitrogens with two attached hydrogens (primary N) is 1. The van der Waals surface area contributed by atoms with Crippen LogP contribution in [0.3, 0.4) is 0 Å². The molecule has 0 heterocycles. The zero-order chi connectivity index (χ0) is 25.8. The Morgan fingerprint density at radius 1 is 1.14 bits per heavy atom. The minimum absolute atomic E-state index is 0. The van der Waals surface area contributed by atoms with Gasteiger partial charge in [-0.25, -0.2) is 0 Å². The van der Waals surface area contributed by atoms with E-state index in [4.69, 9.17) is 5.73 Å². The van der Waals surface area contributed by atoms with Crippen molar-refractivity contribution in [1.29, 1.82) is 0 Å². The molecule has 4 N–H and O–H groups in total. The van der Waals surface area contributed by atoms with Gasteiger partial charge in [0.1, 0.15) is 0 Å². The molecule has 0 aromatic heterocycles. The minimum atomic E-state index is -0.158. The maximum absolute atomic E-state index is 11.2. The molecule has 2 unspecified atom stereocenters. The number of nitrogens with one attached hydrogen (secondary N) is 1. The summed E-state index contributed by atoms with van der Waals surface area (Å²) in [5, 5.41) is 13.2. The molecule has 4 rings (SSSR count). The average Bonchev–Trinajstić information content (AvgIpc) is 3.16. The van der Waals surface area contributed by atoms with Gasteiger partial charge >= 0.3 is 0 Å². The van der Waals surface area contributed by atoms with Crippen molar-refractivity contribution in [3.8, 4) is 0 Å². The molecule has 1 amide bonds. The van der Waals surface area contributed by atoms with Gasteiger partial charge in [0.05, 0.1) is 6.10 Å².